The molecule has 0 saturated carbocycles. The van der Waals surface area contributed by atoms with Gasteiger partial charge in [0.1, 0.15) is 0 Å². The molecule has 0 bridgehead atoms. The number of hydrogen-bond acceptors (Lipinski definition) is 2. The van der Waals surface area contributed by atoms with Gasteiger partial charge in [0, 0.05) is 17.8 Å². The van der Waals surface area contributed by atoms with Crippen molar-refractivity contribution in [2.24, 2.45) is 5.92 Å². The first-order chi connectivity index (χ1) is 9.19. The van der Waals surface area contributed by atoms with Crippen LogP contribution in [-0.2, 0) is 6.42 Å². The standard InChI is InChI=1S/C17H28N2/c1-4-15-5-6-17(18-13-15)16-8-11-19(12-9-16)10-7-14(2)3/h5-6,13-14,16H,4,7-12H2,1-3H3. The number of aromatic nitrogens is 1. The zero-order valence-electron chi connectivity index (χ0n) is 12.7. The van der Waals surface area contributed by atoms with Crippen molar-refractivity contribution in [1.82, 2.24) is 9.88 Å². The Kier molecular flexibility index (Phi) is 5.38. The molecule has 0 N–H and O–H groups in total. The summed E-state index contributed by atoms with van der Waals surface area (Å²) in [6.45, 7) is 10.6. The lowest BCUT2D eigenvalue weighted by atomic mass is 9.92. The maximum Gasteiger partial charge on any atom is 0.0435 e. The molecular formula is C17H28N2. The smallest absolute Gasteiger partial charge is 0.0435 e. The summed E-state index contributed by atoms with van der Waals surface area (Å²) in [5.74, 6) is 1.50. The predicted octanol–water partition coefficient (Wildman–Crippen LogP) is 3.87. The fourth-order valence-electron chi connectivity index (χ4n) is 2.78. The van der Waals surface area contributed by atoms with Gasteiger partial charge in [-0.3, -0.25) is 4.98 Å². The average Bonchev–Trinajstić information content (AvgIpc) is 2.46. The number of pyridine rings is 1. The molecule has 1 aliphatic rings. The molecule has 19 heavy (non-hydrogen) atoms. The van der Waals surface area contributed by atoms with Gasteiger partial charge in [0.15, 0.2) is 0 Å². The fourth-order valence-corrected chi connectivity index (χ4v) is 2.78. The lowest BCUT2D eigenvalue weighted by molar-refractivity contribution is 0.201. The van der Waals surface area contributed by atoms with Gasteiger partial charge >= 0.3 is 0 Å². The monoisotopic (exact) mass is 260 g/mol. The second kappa shape index (κ2) is 7.04. The van der Waals surface area contributed by atoms with E-state index in [2.05, 4.69) is 49.0 Å². The lowest BCUT2D eigenvalue weighted by Crippen LogP contribution is -2.34. The second-order valence-electron chi connectivity index (χ2n) is 6.24. The molecule has 1 saturated heterocycles. The highest BCUT2D eigenvalue weighted by Gasteiger charge is 2.21. The minimum absolute atomic E-state index is 0.682. The van der Waals surface area contributed by atoms with Crippen LogP contribution >= 0.6 is 0 Å². The Balaban J connectivity index is 1.81. The van der Waals surface area contributed by atoms with Crippen LogP contribution in [0.4, 0.5) is 0 Å². The first-order valence-electron chi connectivity index (χ1n) is 7.86. The van der Waals surface area contributed by atoms with Gasteiger partial charge in [-0.25, -0.2) is 0 Å². The zero-order valence-corrected chi connectivity index (χ0v) is 12.7. The molecule has 1 aromatic heterocycles. The van der Waals surface area contributed by atoms with Crippen molar-refractivity contribution in [2.75, 3.05) is 19.6 Å². The van der Waals surface area contributed by atoms with Crippen LogP contribution in [-0.4, -0.2) is 29.5 Å². The van der Waals surface area contributed by atoms with Gasteiger partial charge in [0.25, 0.3) is 0 Å². The molecule has 1 aromatic rings. The molecule has 2 heteroatoms. The Morgan fingerprint density at radius 2 is 2.00 bits per heavy atom. The van der Waals surface area contributed by atoms with E-state index in [4.69, 9.17) is 0 Å². The van der Waals surface area contributed by atoms with Gasteiger partial charge in [-0.2, -0.15) is 0 Å². The van der Waals surface area contributed by atoms with E-state index in [1.165, 1.54) is 50.2 Å². The quantitative estimate of drug-likeness (QED) is 0.799. The van der Waals surface area contributed by atoms with E-state index in [0.29, 0.717) is 5.92 Å². The van der Waals surface area contributed by atoms with Gasteiger partial charge < -0.3 is 4.90 Å². The summed E-state index contributed by atoms with van der Waals surface area (Å²) in [5, 5.41) is 0. The van der Waals surface area contributed by atoms with Gasteiger partial charge in [-0.05, 0) is 62.9 Å². The maximum atomic E-state index is 4.65. The normalized spacial score (nSPS) is 18.1. The Labute approximate surface area is 118 Å². The highest BCUT2D eigenvalue weighted by atomic mass is 15.1. The molecule has 2 rings (SSSR count). The molecular weight excluding hydrogens is 232 g/mol. The van der Waals surface area contributed by atoms with Crippen LogP contribution in [0, 0.1) is 5.92 Å². The summed E-state index contributed by atoms with van der Waals surface area (Å²) in [4.78, 5) is 7.28. The first kappa shape index (κ1) is 14.5. The molecule has 0 atom stereocenters. The number of nitrogens with zero attached hydrogens (tertiary/aromatic N) is 2. The van der Waals surface area contributed by atoms with E-state index < -0.39 is 0 Å². The topological polar surface area (TPSA) is 16.1 Å². The van der Waals surface area contributed by atoms with Crippen LogP contribution in [0.3, 0.4) is 0 Å². The number of piperidine rings is 1. The molecule has 106 valence electrons. The minimum atomic E-state index is 0.682. The van der Waals surface area contributed by atoms with Crippen molar-refractivity contribution in [3.63, 3.8) is 0 Å². The van der Waals surface area contributed by atoms with Crippen LogP contribution in [0.25, 0.3) is 0 Å². The van der Waals surface area contributed by atoms with Crippen LogP contribution < -0.4 is 0 Å². The van der Waals surface area contributed by atoms with Crippen molar-refractivity contribution in [2.45, 2.75) is 52.4 Å². The lowest BCUT2D eigenvalue weighted by Gasteiger charge is -2.32. The molecule has 0 aromatic carbocycles. The van der Waals surface area contributed by atoms with E-state index in [1.807, 2.05) is 0 Å². The number of hydrogen-bond donors (Lipinski definition) is 0. The van der Waals surface area contributed by atoms with Crippen LogP contribution in [0.5, 0.6) is 0 Å². The Morgan fingerprint density at radius 1 is 1.26 bits per heavy atom. The molecule has 0 radical (unpaired) electrons. The average molecular weight is 260 g/mol. The van der Waals surface area contributed by atoms with E-state index >= 15 is 0 Å². The Morgan fingerprint density at radius 3 is 2.53 bits per heavy atom. The summed E-state index contributed by atoms with van der Waals surface area (Å²) < 4.78 is 0. The molecule has 1 fully saturated rings. The van der Waals surface area contributed by atoms with Crippen LogP contribution in [0.2, 0.25) is 0 Å². The first-order valence-corrected chi connectivity index (χ1v) is 7.86. The van der Waals surface area contributed by atoms with Gasteiger partial charge in [-0.1, -0.05) is 26.8 Å². The summed E-state index contributed by atoms with van der Waals surface area (Å²) in [6.07, 6.45) is 7.02. The van der Waals surface area contributed by atoms with E-state index in [9.17, 15) is 0 Å². The maximum absolute atomic E-state index is 4.65. The molecule has 1 aliphatic heterocycles. The Bertz CT molecular complexity index is 361. The van der Waals surface area contributed by atoms with E-state index in [-0.39, 0.29) is 0 Å². The molecule has 0 amide bonds. The highest BCUT2D eigenvalue weighted by molar-refractivity contribution is 5.17. The SMILES string of the molecule is CCc1ccc(C2CCN(CCC(C)C)CC2)nc1. The summed E-state index contributed by atoms with van der Waals surface area (Å²) in [6, 6.07) is 4.49. The second-order valence-corrected chi connectivity index (χ2v) is 6.24. The van der Waals surface area contributed by atoms with Crippen molar-refractivity contribution < 1.29 is 0 Å². The number of likely N-dealkylation sites (tertiary alicyclic amines) is 1. The summed E-state index contributed by atoms with van der Waals surface area (Å²) in [7, 11) is 0. The van der Waals surface area contributed by atoms with Crippen molar-refractivity contribution in [3.8, 4) is 0 Å². The molecule has 2 nitrogen and oxygen atoms in total. The minimum Gasteiger partial charge on any atom is -0.303 e. The van der Waals surface area contributed by atoms with Gasteiger partial charge in [0.2, 0.25) is 0 Å². The summed E-state index contributed by atoms with van der Waals surface area (Å²) in [5.41, 5.74) is 2.65. The van der Waals surface area contributed by atoms with Gasteiger partial charge in [0.05, 0.1) is 0 Å². The molecule has 0 spiro atoms. The highest BCUT2D eigenvalue weighted by Crippen LogP contribution is 2.26. The van der Waals surface area contributed by atoms with Crippen LogP contribution in [0.15, 0.2) is 18.3 Å². The van der Waals surface area contributed by atoms with Crippen molar-refractivity contribution >= 4 is 0 Å². The van der Waals surface area contributed by atoms with Gasteiger partial charge in [-0.15, -0.1) is 0 Å². The molecule has 0 aliphatic carbocycles. The zero-order chi connectivity index (χ0) is 13.7. The third-order valence-electron chi connectivity index (χ3n) is 4.28. The van der Waals surface area contributed by atoms with Crippen molar-refractivity contribution in [3.05, 3.63) is 29.6 Å². The number of rotatable bonds is 5. The Hall–Kier alpha value is -0.890. The van der Waals surface area contributed by atoms with E-state index in [1.54, 1.807) is 0 Å². The summed E-state index contributed by atoms with van der Waals surface area (Å²) >= 11 is 0. The molecule has 2 heterocycles. The largest absolute Gasteiger partial charge is 0.303 e. The number of aryl methyl sites for hydroxylation is 1. The fraction of sp³-hybridized carbons (Fsp3) is 0.706. The third kappa shape index (κ3) is 4.31. The van der Waals surface area contributed by atoms with Crippen molar-refractivity contribution in [1.29, 1.82) is 0 Å². The molecule has 0 unspecified atom stereocenters. The van der Waals surface area contributed by atoms with E-state index in [0.717, 1.165) is 12.3 Å². The van der Waals surface area contributed by atoms with Crippen LogP contribution in [0.1, 0.15) is 57.2 Å². The predicted molar refractivity (Wildman–Crippen MR) is 81.5 cm³/mol. The third-order valence-corrected chi connectivity index (χ3v) is 4.28.